The predicted molar refractivity (Wildman–Crippen MR) is 110 cm³/mol. The minimum Gasteiger partial charge on any atom is -0.399 e. The average molecular weight is 307 g/mol. The molecule has 2 aromatic rings. The van der Waals surface area contributed by atoms with Gasteiger partial charge in [0.2, 0.25) is 0 Å². The van der Waals surface area contributed by atoms with Gasteiger partial charge in [-0.1, -0.05) is 63.2 Å². The molecule has 0 heterocycles. The zero-order valence-corrected chi connectivity index (χ0v) is 15.2. The van der Waals surface area contributed by atoms with E-state index in [2.05, 4.69) is 34.6 Å². The fraction of sp³-hybridized carbons (Fsp3) is 0.368. The summed E-state index contributed by atoms with van der Waals surface area (Å²) in [5, 5.41) is 0. The van der Waals surface area contributed by atoms with Crippen molar-refractivity contribution in [2.75, 3.05) is 5.73 Å². The van der Waals surface area contributed by atoms with Crippen LogP contribution in [0.4, 0.5) is 5.69 Å². The van der Waals surface area contributed by atoms with Crippen molar-refractivity contribution in [2.45, 2.75) is 45.4 Å². The lowest BCUT2D eigenvalue weighted by molar-refractivity contribution is 0.593. The van der Waals surface area contributed by atoms with E-state index in [4.69, 9.17) is 37.1 Å². The molecule has 1 nitrogen and oxygen atoms in total. The monoisotopic (exact) mass is 307 g/mol. The first kappa shape index (κ1) is 18.8. The van der Waals surface area contributed by atoms with E-state index in [1.807, 2.05) is 18.2 Å². The van der Waals surface area contributed by atoms with Crippen molar-refractivity contribution in [3.05, 3.63) is 41.0 Å². The average Bonchev–Trinajstić information content (AvgIpc) is 2.40. The Balaban J connectivity index is 2.78. The molecule has 0 unspecified atom stereocenters. The summed E-state index contributed by atoms with van der Waals surface area (Å²) in [6.45, 7) is 10.4. The van der Waals surface area contributed by atoms with Crippen LogP contribution in [0.25, 0.3) is 0 Å². The minimum atomic E-state index is -0.441. The van der Waals surface area contributed by atoms with Crippen LogP contribution < -0.4 is 27.6 Å². The van der Waals surface area contributed by atoms with Crippen molar-refractivity contribution >= 4 is 58.9 Å². The van der Waals surface area contributed by atoms with Gasteiger partial charge in [0, 0.05) is 11.1 Å². The largest absolute Gasteiger partial charge is 0.399 e. The summed E-state index contributed by atoms with van der Waals surface area (Å²) in [5.74, 6) is 0. The molecule has 2 rings (SSSR count). The Hall–Kier alpha value is -1.50. The highest BCUT2D eigenvalue weighted by molar-refractivity contribution is 6.51. The lowest BCUT2D eigenvalue weighted by Crippen LogP contribution is -2.45. The van der Waals surface area contributed by atoms with E-state index in [0.29, 0.717) is 27.5 Å². The first-order chi connectivity index (χ1) is 10.9. The highest BCUT2D eigenvalue weighted by Crippen LogP contribution is 2.31. The molecule has 0 saturated heterocycles. The Morgan fingerprint density at radius 3 is 1.83 bits per heavy atom. The number of rotatable bonds is 2. The first-order valence-corrected chi connectivity index (χ1v) is 8.01. The Morgan fingerprint density at radius 2 is 1.33 bits per heavy atom. The molecule has 0 aromatic heterocycles. The summed E-state index contributed by atoms with van der Waals surface area (Å²) >= 11 is 0. The summed E-state index contributed by atoms with van der Waals surface area (Å²) in [6, 6.07) is 7.40. The van der Waals surface area contributed by atoms with E-state index in [-0.39, 0.29) is 5.41 Å². The maximum absolute atomic E-state index is 6.54. The summed E-state index contributed by atoms with van der Waals surface area (Å²) in [7, 11) is 25.2. The molecule has 24 heavy (non-hydrogen) atoms. The second-order valence-electron chi connectivity index (χ2n) is 7.94. The van der Waals surface area contributed by atoms with Crippen LogP contribution in [0.1, 0.15) is 51.3 Å². The molecule has 0 aliphatic carbocycles. The molecule has 5 heteroatoms. The van der Waals surface area contributed by atoms with Gasteiger partial charge in [0.25, 0.3) is 0 Å². The van der Waals surface area contributed by atoms with Gasteiger partial charge in [-0.3, -0.25) is 0 Å². The maximum atomic E-state index is 6.54. The molecule has 2 aromatic carbocycles. The number of hydrogen-bond acceptors (Lipinski definition) is 1. The molecule has 2 N–H and O–H groups in total. The molecule has 0 fully saturated rings. The third-order valence-corrected chi connectivity index (χ3v) is 4.61. The van der Waals surface area contributed by atoms with Gasteiger partial charge in [-0.15, -0.1) is 10.9 Å². The third kappa shape index (κ3) is 3.18. The number of benzene rings is 2. The Morgan fingerprint density at radius 1 is 0.750 bits per heavy atom. The summed E-state index contributed by atoms with van der Waals surface area (Å²) in [4.78, 5) is 0. The Bertz CT molecular complexity index is 789. The van der Waals surface area contributed by atoms with Gasteiger partial charge in [-0.05, 0) is 28.7 Å². The molecule has 8 radical (unpaired) electrons. The van der Waals surface area contributed by atoms with E-state index < -0.39 is 5.41 Å². The number of hydrogen-bond donors (Lipinski definition) is 1. The van der Waals surface area contributed by atoms with E-state index >= 15 is 0 Å². The zero-order chi connectivity index (χ0) is 18.4. The second-order valence-corrected chi connectivity index (χ2v) is 7.94. The third-order valence-electron chi connectivity index (χ3n) is 4.61. The summed E-state index contributed by atoms with van der Waals surface area (Å²) in [6.07, 6.45) is 0. The Kier molecular flexibility index (Phi) is 4.78. The van der Waals surface area contributed by atoms with Gasteiger partial charge in [0.15, 0.2) is 0 Å². The van der Waals surface area contributed by atoms with Crippen LogP contribution in [0.5, 0.6) is 0 Å². The van der Waals surface area contributed by atoms with Gasteiger partial charge in [0.05, 0.1) is 0 Å². The van der Waals surface area contributed by atoms with Crippen LogP contribution in [0.3, 0.4) is 0 Å². The fourth-order valence-electron chi connectivity index (χ4n) is 3.36. The molecule has 0 atom stereocenters. The van der Waals surface area contributed by atoms with Gasteiger partial charge < -0.3 is 5.73 Å². The van der Waals surface area contributed by atoms with Crippen molar-refractivity contribution in [3.8, 4) is 0 Å². The molecule has 114 valence electrons. The topological polar surface area (TPSA) is 26.0 Å². The van der Waals surface area contributed by atoms with E-state index in [1.165, 1.54) is 0 Å². The van der Waals surface area contributed by atoms with Crippen molar-refractivity contribution in [1.29, 1.82) is 0 Å². The summed E-state index contributed by atoms with van der Waals surface area (Å²) in [5.41, 5.74) is 10.9. The lowest BCUT2D eigenvalue weighted by Gasteiger charge is -2.35. The first-order valence-electron chi connectivity index (χ1n) is 8.01. The fourth-order valence-corrected chi connectivity index (χ4v) is 3.36. The standard InChI is InChI=1S/C19H21B4N/c1-18(2,3)15-16(22)12(9-14(21)17(15)23)19(4,5)11-7-6-10(24)8-13(11)20/h6-9H,24H2,1-5H3. The molecular formula is C19H21B4N. The van der Waals surface area contributed by atoms with E-state index in [9.17, 15) is 0 Å². The van der Waals surface area contributed by atoms with Crippen LogP contribution in [0.15, 0.2) is 24.3 Å². The molecule has 0 amide bonds. The molecule has 0 aliphatic heterocycles. The highest BCUT2D eigenvalue weighted by atomic mass is 14.5. The molecule has 0 spiro atoms. The highest BCUT2D eigenvalue weighted by Gasteiger charge is 2.30. The second kappa shape index (κ2) is 6.10. The lowest BCUT2D eigenvalue weighted by atomic mass is 9.60. The van der Waals surface area contributed by atoms with Gasteiger partial charge in [-0.25, -0.2) is 0 Å². The number of nitrogens with two attached hydrogens (primary N) is 1. The van der Waals surface area contributed by atoms with Crippen LogP contribution in [-0.2, 0) is 10.8 Å². The molecule has 0 aliphatic rings. The van der Waals surface area contributed by atoms with Crippen molar-refractivity contribution in [2.24, 2.45) is 0 Å². The number of anilines is 1. The smallest absolute Gasteiger partial charge is 0.114 e. The molecule has 0 bridgehead atoms. The zero-order valence-electron chi connectivity index (χ0n) is 15.2. The van der Waals surface area contributed by atoms with Gasteiger partial charge in [-0.2, -0.15) is 0 Å². The van der Waals surface area contributed by atoms with Crippen molar-refractivity contribution in [1.82, 2.24) is 0 Å². The van der Waals surface area contributed by atoms with Gasteiger partial charge >= 0.3 is 0 Å². The van der Waals surface area contributed by atoms with Gasteiger partial charge in [0.1, 0.15) is 31.4 Å². The van der Waals surface area contributed by atoms with Crippen LogP contribution in [0, 0.1) is 0 Å². The van der Waals surface area contributed by atoms with Crippen molar-refractivity contribution in [3.63, 3.8) is 0 Å². The maximum Gasteiger partial charge on any atom is 0.114 e. The van der Waals surface area contributed by atoms with Crippen LogP contribution in [-0.4, -0.2) is 31.4 Å². The SMILES string of the molecule is [B]c1cc(N)ccc1C(C)(C)c1cc([B])c([B])c(C(C)(C)C)c1[B]. The van der Waals surface area contributed by atoms with E-state index in [0.717, 1.165) is 16.7 Å². The molecule has 0 saturated carbocycles. The van der Waals surface area contributed by atoms with Crippen LogP contribution >= 0.6 is 0 Å². The van der Waals surface area contributed by atoms with Crippen LogP contribution in [0.2, 0.25) is 0 Å². The minimum absolute atomic E-state index is 0.221. The number of nitrogen functional groups attached to an aromatic ring is 1. The normalized spacial score (nSPS) is 12.4. The Labute approximate surface area is 151 Å². The summed E-state index contributed by atoms with van der Waals surface area (Å²) < 4.78 is 0. The predicted octanol–water partition coefficient (Wildman–Crippen LogP) is 0.0674. The quantitative estimate of drug-likeness (QED) is 0.617. The van der Waals surface area contributed by atoms with E-state index in [1.54, 1.807) is 6.07 Å². The molecular weight excluding hydrogens is 285 g/mol. The van der Waals surface area contributed by atoms with Crippen molar-refractivity contribution < 1.29 is 0 Å².